The van der Waals surface area contributed by atoms with Gasteiger partial charge < -0.3 is 68.0 Å². The lowest BCUT2D eigenvalue weighted by Crippen LogP contribution is -2.74. The van der Waals surface area contributed by atoms with Crippen molar-refractivity contribution in [2.45, 2.75) is 219 Å². The summed E-state index contributed by atoms with van der Waals surface area (Å²) < 4.78 is 27.0. The zero-order chi connectivity index (χ0) is 74.9. The maximum absolute atomic E-state index is 14.4. The van der Waals surface area contributed by atoms with Crippen LogP contribution < -0.4 is 14.2 Å². The molecule has 0 bridgehead atoms. The molecular weight excluding hydrogens is 1340 g/mol. The van der Waals surface area contributed by atoms with Crippen molar-refractivity contribution in [3.63, 3.8) is 0 Å². The molecular formula is C81H99N9O15. The molecule has 0 aliphatic carbocycles. The van der Waals surface area contributed by atoms with Crippen LogP contribution in [0.4, 0.5) is 0 Å². The first-order valence-electron chi connectivity index (χ1n) is 36.8. The molecule has 3 aromatic heterocycles. The van der Waals surface area contributed by atoms with Gasteiger partial charge in [0.1, 0.15) is 59.2 Å². The lowest BCUT2D eigenvalue weighted by Gasteiger charge is -2.56. The number of carbonyl (C=O) groups is 6. The van der Waals surface area contributed by atoms with Gasteiger partial charge in [-0.25, -0.2) is 9.78 Å². The minimum absolute atomic E-state index is 0.0893. The molecule has 24 nitrogen and oxygen atoms in total. The number of aliphatic hydroxyl groups is 3. The van der Waals surface area contributed by atoms with Crippen LogP contribution in [-0.2, 0) is 56.2 Å². The summed E-state index contributed by atoms with van der Waals surface area (Å²) in [4.78, 5) is 108. The number of carbonyl (C=O) groups excluding carboxylic acids is 6. The number of amides is 6. The number of piperazine rings is 3. The number of aromatic amines is 1. The Hall–Kier alpha value is -9.04. The predicted octanol–water partition coefficient (Wildman–Crippen LogP) is 11.0. The van der Waals surface area contributed by atoms with Crippen molar-refractivity contribution in [1.29, 1.82) is 0 Å². The molecule has 10 aliphatic rings. The van der Waals surface area contributed by atoms with Gasteiger partial charge in [-0.3, -0.25) is 38.6 Å². The highest BCUT2D eigenvalue weighted by molar-refractivity contribution is 6.04. The van der Waals surface area contributed by atoms with Crippen molar-refractivity contribution in [2.75, 3.05) is 47.6 Å². The number of aromatic nitrogens is 3. The number of nitrogens with one attached hydrogen (secondary N) is 1. The Morgan fingerprint density at radius 2 is 1.10 bits per heavy atom. The van der Waals surface area contributed by atoms with Crippen LogP contribution in [0.25, 0.3) is 32.7 Å². The molecule has 24 heteroatoms. The second-order valence-corrected chi connectivity index (χ2v) is 31.5. The number of hydrogen-bond donors (Lipinski definition) is 4. The second kappa shape index (κ2) is 27.4. The summed E-state index contributed by atoms with van der Waals surface area (Å²) in [6, 6.07) is 13.6. The van der Waals surface area contributed by atoms with Crippen LogP contribution in [0, 0.1) is 0 Å². The van der Waals surface area contributed by atoms with E-state index in [2.05, 4.69) is 21.7 Å². The van der Waals surface area contributed by atoms with E-state index in [0.29, 0.717) is 86.6 Å². The SMILES string of the molecule is COc1ccc2c3c([nH]c2c1)C(C=C(C)C)N1C(=O)C2CCCN2C(=O)C1C3.COc1ccc2c3c(n(CC=C(C)C)c2c1)[C@H](C=C(C)C)N1C(=O)C2CCCN2C(=O)C1(O)C3O.COc1ccc2c3c4n(c2c1)[C@@H](C=C(C)C)OOC(C)(C)C[C@@H]4N1C(=O)C2CCCN2C(=O)C1(O)C3OCC=C(C)C. The first kappa shape index (κ1) is 72.9. The number of allylic oxidation sites excluding steroid dienone is 6. The molecule has 9 unspecified atom stereocenters. The molecule has 4 N–H and O–H groups in total. The van der Waals surface area contributed by atoms with Gasteiger partial charge >= 0.3 is 0 Å². The van der Waals surface area contributed by atoms with Crippen LogP contribution in [-0.4, -0.2) is 183 Å². The quantitative estimate of drug-likeness (QED) is 0.0694. The van der Waals surface area contributed by atoms with E-state index in [4.69, 9.17) is 28.7 Å². The topological polar surface area (TPSA) is 264 Å². The number of ether oxygens (including phenoxy) is 4. The monoisotopic (exact) mass is 1440 g/mol. The third kappa shape index (κ3) is 11.8. The number of H-pyrrole nitrogens is 1. The third-order valence-electron chi connectivity index (χ3n) is 22.6. The molecule has 6 amide bonds. The minimum Gasteiger partial charge on any atom is -0.497 e. The van der Waals surface area contributed by atoms with Gasteiger partial charge in [0, 0.05) is 95.7 Å². The van der Waals surface area contributed by atoms with E-state index in [-0.39, 0.29) is 48.7 Å². The first-order valence-corrected chi connectivity index (χ1v) is 36.8. The highest BCUT2D eigenvalue weighted by Gasteiger charge is 2.69. The van der Waals surface area contributed by atoms with Gasteiger partial charge in [0.15, 0.2) is 6.23 Å². The number of benzene rings is 3. The minimum atomic E-state index is -2.38. The number of rotatable bonds is 11. The molecule has 105 heavy (non-hydrogen) atoms. The molecule has 6 saturated heterocycles. The predicted molar refractivity (Wildman–Crippen MR) is 393 cm³/mol. The molecule has 3 aromatic carbocycles. The molecule has 0 spiro atoms. The van der Waals surface area contributed by atoms with Crippen LogP contribution >= 0.6 is 0 Å². The van der Waals surface area contributed by atoms with Gasteiger partial charge in [-0.05, 0) is 170 Å². The Bertz CT molecular complexity index is 4720. The number of fused-ring (bicyclic) bond motifs is 16. The van der Waals surface area contributed by atoms with Gasteiger partial charge in [0.05, 0.1) is 68.5 Å². The highest BCUT2D eigenvalue weighted by atomic mass is 17.2. The highest BCUT2D eigenvalue weighted by Crippen LogP contribution is 2.58. The fourth-order valence-corrected chi connectivity index (χ4v) is 18.0. The van der Waals surface area contributed by atoms with E-state index >= 15 is 0 Å². The van der Waals surface area contributed by atoms with Crippen molar-refractivity contribution in [2.24, 2.45) is 0 Å². The Morgan fingerprint density at radius 1 is 0.571 bits per heavy atom. The summed E-state index contributed by atoms with van der Waals surface area (Å²) in [5, 5.41) is 39.0. The summed E-state index contributed by atoms with van der Waals surface area (Å²) >= 11 is 0. The molecule has 0 radical (unpaired) electrons. The average molecular weight is 1440 g/mol. The van der Waals surface area contributed by atoms with Gasteiger partial charge in [0.25, 0.3) is 23.3 Å². The third-order valence-corrected chi connectivity index (χ3v) is 22.6. The average Bonchev–Trinajstić information content (AvgIpc) is 1.61. The lowest BCUT2D eigenvalue weighted by atomic mass is 9.79. The van der Waals surface area contributed by atoms with Crippen molar-refractivity contribution in [3.8, 4) is 17.2 Å². The fourth-order valence-electron chi connectivity index (χ4n) is 18.0. The van der Waals surface area contributed by atoms with Crippen molar-refractivity contribution in [1.82, 2.24) is 43.5 Å². The summed E-state index contributed by atoms with van der Waals surface area (Å²) in [5.74, 6) is 0.567. The molecule has 6 aromatic rings. The van der Waals surface area contributed by atoms with E-state index in [1.54, 1.807) is 32.3 Å². The molecule has 6 fully saturated rings. The van der Waals surface area contributed by atoms with Crippen molar-refractivity contribution >= 4 is 68.2 Å². The van der Waals surface area contributed by atoms with E-state index in [1.807, 2.05) is 164 Å². The molecule has 13 heterocycles. The summed E-state index contributed by atoms with van der Waals surface area (Å²) in [5.41, 5.74) is 7.08. The van der Waals surface area contributed by atoms with E-state index in [0.717, 1.165) is 96.1 Å². The smallest absolute Gasteiger partial charge is 0.279 e. The van der Waals surface area contributed by atoms with Gasteiger partial charge in [-0.15, -0.1) is 0 Å². The number of aliphatic hydroxyl groups excluding tert-OH is 1. The van der Waals surface area contributed by atoms with E-state index in [9.17, 15) is 44.1 Å². The largest absolute Gasteiger partial charge is 0.497 e. The lowest BCUT2D eigenvalue weighted by molar-refractivity contribution is -0.390. The van der Waals surface area contributed by atoms with Crippen LogP contribution in [0.1, 0.15) is 198 Å². The second-order valence-electron chi connectivity index (χ2n) is 31.5. The Kier molecular flexibility index (Phi) is 19.0. The van der Waals surface area contributed by atoms with E-state index in [1.165, 1.54) is 14.7 Å². The van der Waals surface area contributed by atoms with Crippen LogP contribution in [0.5, 0.6) is 17.2 Å². The zero-order valence-corrected chi connectivity index (χ0v) is 62.9. The van der Waals surface area contributed by atoms with Gasteiger partial charge in [-0.1, -0.05) is 52.2 Å². The summed E-state index contributed by atoms with van der Waals surface area (Å²) in [7, 11) is 4.86. The fraction of sp³-hybridized carbons (Fsp3) is 0.506. The van der Waals surface area contributed by atoms with Crippen LogP contribution in [0.3, 0.4) is 0 Å². The molecule has 12 atom stereocenters. The first-order chi connectivity index (χ1) is 50.0. The normalized spacial score (nSPS) is 28.1. The maximum Gasteiger partial charge on any atom is 0.279 e. The number of methoxy groups -OCH3 is 3. The Balaban J connectivity index is 0.000000135. The molecule has 558 valence electrons. The van der Waals surface area contributed by atoms with Crippen molar-refractivity contribution < 1.29 is 72.8 Å². The van der Waals surface area contributed by atoms with Gasteiger partial charge in [-0.2, -0.15) is 0 Å². The number of hydrogen-bond acceptors (Lipinski definition) is 15. The zero-order valence-electron chi connectivity index (χ0n) is 62.9. The summed E-state index contributed by atoms with van der Waals surface area (Å²) in [6.07, 6.45) is 11.5. The Morgan fingerprint density at radius 3 is 1.70 bits per heavy atom. The Labute approximate surface area is 611 Å². The van der Waals surface area contributed by atoms with Gasteiger partial charge in [0.2, 0.25) is 23.6 Å². The van der Waals surface area contributed by atoms with Crippen LogP contribution in [0.15, 0.2) is 113 Å². The summed E-state index contributed by atoms with van der Waals surface area (Å²) in [6.45, 7) is 25.8. The van der Waals surface area contributed by atoms with Crippen LogP contribution in [0.2, 0.25) is 0 Å². The van der Waals surface area contributed by atoms with E-state index < -0.39 is 77.5 Å². The number of nitrogens with zero attached hydrogens (tertiary/aromatic N) is 8. The maximum atomic E-state index is 14.4. The van der Waals surface area contributed by atoms with Crippen molar-refractivity contribution in [3.05, 3.63) is 147 Å². The molecule has 0 saturated carbocycles. The molecule has 10 aliphatic heterocycles. The standard InChI is InChI=1S/C32H41N3O7.C27H33N3O5.C22H25N3O3/c1-18(2)12-14-40-28-26-21-11-10-20(39-7)16-23(21)34-25(15-19(3)4)41-42-31(5,6)17-24(27(26)34)35-29(36)22-9-8-13-33(22)30(37)32(28,35)38;1-15(2)10-12-28-20-14-17(35-5)8-9-18(20)22-23(28)21(13-16(3)4)30-25(32)19-7-6-11-29(19)26(33)27(30,34)24(22)31;1-12(2)9-18-20-15(14-7-6-13(28-3)10-16(14)23-20)11-19-21(26)24-8-4-5-17(24)22(27)25(18)19/h10-12,15-16,22,24-25,28,38H,8-9,13-14,17H2,1-7H3;8-10,13-14,19,21,24,31,34H,6-7,11-12H2,1-5H3;6-7,9-10,17-19,23H,4-5,8,11H2,1-3H3/t22?,24-,25+,28?,32?;19?,21-,24?,27?;/m00./s1. The molecule has 16 rings (SSSR count).